The Morgan fingerprint density at radius 3 is 2.08 bits per heavy atom. The molecule has 0 amide bonds. The Balaban J connectivity index is 2.19. The molecule has 0 saturated carbocycles. The molecule has 0 spiro atoms. The van der Waals surface area contributed by atoms with Crippen LogP contribution in [0.25, 0.3) is 0 Å². The third-order valence-corrected chi connectivity index (χ3v) is 4.53. The molecule has 0 bridgehead atoms. The highest BCUT2D eigenvalue weighted by Gasteiger charge is 2.37. The van der Waals surface area contributed by atoms with Gasteiger partial charge < -0.3 is 10.1 Å². The summed E-state index contributed by atoms with van der Waals surface area (Å²) in [6.45, 7) is 7.99. The van der Waals surface area contributed by atoms with Crippen molar-refractivity contribution in [1.29, 1.82) is 0 Å². The molecular weight excluding hydrogens is 360 g/mol. The first kappa shape index (κ1) is 20.8. The highest BCUT2D eigenvalue weighted by Crippen LogP contribution is 2.38. The highest BCUT2D eigenvalue weighted by atomic mass is 19.4. The summed E-state index contributed by atoms with van der Waals surface area (Å²) >= 11 is 0. The molecule has 26 heavy (non-hydrogen) atoms. The zero-order valence-electron chi connectivity index (χ0n) is 14.5. The van der Waals surface area contributed by atoms with Crippen molar-refractivity contribution in [3.63, 3.8) is 0 Å². The van der Waals surface area contributed by atoms with Crippen LogP contribution in [0.2, 0.25) is 0 Å². The van der Waals surface area contributed by atoms with Crippen LogP contribution in [-0.4, -0.2) is 18.7 Å². The number of piperidine rings is 1. The van der Waals surface area contributed by atoms with Gasteiger partial charge in [-0.05, 0) is 50.5 Å². The Morgan fingerprint density at radius 2 is 1.65 bits per heavy atom. The van der Waals surface area contributed by atoms with E-state index in [0.29, 0.717) is 18.7 Å². The van der Waals surface area contributed by atoms with Crippen LogP contribution in [0.5, 0.6) is 0 Å². The van der Waals surface area contributed by atoms with E-state index in [-0.39, 0.29) is 18.2 Å². The first-order valence-electron chi connectivity index (χ1n) is 8.13. The lowest BCUT2D eigenvalue weighted by Crippen LogP contribution is -2.50. The lowest BCUT2D eigenvalue weighted by Gasteiger charge is -2.36. The Labute approximate surface area is 148 Å². The van der Waals surface area contributed by atoms with E-state index in [0.717, 1.165) is 18.4 Å². The van der Waals surface area contributed by atoms with Crippen LogP contribution >= 0.6 is 0 Å². The topological polar surface area (TPSA) is 21.3 Å². The van der Waals surface area contributed by atoms with E-state index in [9.17, 15) is 26.3 Å². The average Bonchev–Trinajstić information content (AvgIpc) is 2.54. The van der Waals surface area contributed by atoms with Crippen LogP contribution < -0.4 is 5.32 Å². The molecule has 0 unspecified atom stereocenters. The summed E-state index contributed by atoms with van der Waals surface area (Å²) in [4.78, 5) is 0. The van der Waals surface area contributed by atoms with Gasteiger partial charge in [0.15, 0.2) is 0 Å². The van der Waals surface area contributed by atoms with Crippen molar-refractivity contribution in [2.75, 3.05) is 13.2 Å². The molecule has 1 aliphatic rings. The molecule has 0 aromatic heterocycles. The summed E-state index contributed by atoms with van der Waals surface area (Å²) in [5, 5.41) is 3.24. The molecule has 1 heterocycles. The molecule has 0 aliphatic carbocycles. The van der Waals surface area contributed by atoms with Crippen molar-refractivity contribution < 1.29 is 31.1 Å². The predicted molar refractivity (Wildman–Crippen MR) is 85.6 cm³/mol. The molecule has 1 aliphatic heterocycles. The third-order valence-electron chi connectivity index (χ3n) is 4.53. The van der Waals surface area contributed by atoms with E-state index >= 15 is 0 Å². The maximum atomic E-state index is 12.9. The molecule has 1 N–H and O–H groups in total. The number of benzene rings is 1. The number of hydrogen-bond acceptors (Lipinski definition) is 2. The molecule has 2 rings (SSSR count). The first-order chi connectivity index (χ1) is 11.8. The number of halogens is 6. The number of hydrogen-bond donors (Lipinski definition) is 1. The summed E-state index contributed by atoms with van der Waals surface area (Å²) in [6.07, 6.45) is -9.13. The van der Waals surface area contributed by atoms with Gasteiger partial charge in [-0.2, -0.15) is 26.3 Å². The van der Waals surface area contributed by atoms with Crippen molar-refractivity contribution in [2.45, 2.75) is 50.7 Å². The van der Waals surface area contributed by atoms with Crippen LogP contribution in [0, 0.1) is 0 Å². The van der Waals surface area contributed by atoms with Crippen LogP contribution in [0.15, 0.2) is 30.4 Å². The molecule has 0 radical (unpaired) electrons. The Bertz CT molecular complexity index is 622. The molecular formula is C18H21F6NO. The molecule has 2 atom stereocenters. The Morgan fingerprint density at radius 1 is 1.12 bits per heavy atom. The first-order valence-corrected chi connectivity index (χ1v) is 8.13. The maximum absolute atomic E-state index is 12.9. The minimum atomic E-state index is -4.87. The largest absolute Gasteiger partial charge is 0.416 e. The van der Waals surface area contributed by atoms with Crippen molar-refractivity contribution >= 4 is 0 Å². The van der Waals surface area contributed by atoms with Gasteiger partial charge in [-0.15, -0.1) is 0 Å². The van der Waals surface area contributed by atoms with Crippen molar-refractivity contribution in [3.05, 3.63) is 47.0 Å². The quantitative estimate of drug-likeness (QED) is 0.549. The highest BCUT2D eigenvalue weighted by molar-refractivity contribution is 5.34. The fraction of sp³-hybridized carbons (Fsp3) is 0.556. The van der Waals surface area contributed by atoms with E-state index in [1.165, 1.54) is 6.92 Å². The summed E-state index contributed by atoms with van der Waals surface area (Å²) in [7, 11) is 0. The van der Waals surface area contributed by atoms with Gasteiger partial charge in [-0.1, -0.05) is 12.2 Å². The van der Waals surface area contributed by atoms with E-state index < -0.39 is 35.1 Å². The zero-order chi connectivity index (χ0) is 19.8. The average molecular weight is 381 g/mol. The minimum Gasteiger partial charge on any atom is -0.372 e. The summed E-state index contributed by atoms with van der Waals surface area (Å²) in [6, 6.07) is 1.53. The van der Waals surface area contributed by atoms with Crippen molar-refractivity contribution in [1.82, 2.24) is 5.32 Å². The van der Waals surface area contributed by atoms with Gasteiger partial charge in [-0.25, -0.2) is 0 Å². The van der Waals surface area contributed by atoms with E-state index in [2.05, 4.69) is 11.9 Å². The van der Waals surface area contributed by atoms with Crippen LogP contribution in [-0.2, 0) is 17.1 Å². The monoisotopic (exact) mass is 381 g/mol. The van der Waals surface area contributed by atoms with Crippen LogP contribution in [0.4, 0.5) is 26.3 Å². The smallest absolute Gasteiger partial charge is 0.372 e. The van der Waals surface area contributed by atoms with Crippen LogP contribution in [0.1, 0.15) is 49.5 Å². The standard InChI is InChI=1S/C18H21F6NO/c1-11-4-5-16(3,25-9-11)10-26-12(2)13-6-14(17(19,20)21)8-15(7-13)18(22,23)24/h6-8,12,25H,1,4-5,9-10H2,2-3H3/t12-,16-/m1/s1. The van der Waals surface area contributed by atoms with Gasteiger partial charge in [0.1, 0.15) is 0 Å². The number of nitrogens with one attached hydrogen (secondary N) is 1. The third kappa shape index (κ3) is 5.23. The molecule has 8 heteroatoms. The van der Waals surface area contributed by atoms with Crippen molar-refractivity contribution in [3.8, 4) is 0 Å². The Kier molecular flexibility index (Phi) is 5.77. The van der Waals surface area contributed by atoms with Gasteiger partial charge in [0, 0.05) is 12.1 Å². The predicted octanol–water partition coefficient (Wildman–Crippen LogP) is 5.50. The molecule has 2 nitrogen and oxygen atoms in total. The van der Waals surface area contributed by atoms with Crippen LogP contribution in [0.3, 0.4) is 0 Å². The molecule has 146 valence electrons. The lowest BCUT2D eigenvalue weighted by molar-refractivity contribution is -0.143. The number of ether oxygens (including phenoxy) is 1. The summed E-state index contributed by atoms with van der Waals surface area (Å²) < 4.78 is 83.3. The minimum absolute atomic E-state index is 0.117. The second-order valence-electron chi connectivity index (χ2n) is 6.96. The summed E-state index contributed by atoms with van der Waals surface area (Å²) in [5.41, 5.74) is -2.18. The fourth-order valence-electron chi connectivity index (χ4n) is 2.71. The van der Waals surface area contributed by atoms with E-state index in [4.69, 9.17) is 4.74 Å². The number of alkyl halides is 6. The van der Waals surface area contributed by atoms with E-state index in [1.54, 1.807) is 0 Å². The maximum Gasteiger partial charge on any atom is 0.416 e. The lowest BCUT2D eigenvalue weighted by atomic mass is 9.90. The SMILES string of the molecule is C=C1CC[C@](C)(CO[C@H](C)c2cc(C(F)(F)F)cc(C(F)(F)F)c2)NC1. The Hall–Kier alpha value is -1.54. The van der Waals surface area contributed by atoms with E-state index in [1.807, 2.05) is 6.92 Å². The second kappa shape index (κ2) is 7.23. The van der Waals surface area contributed by atoms with Gasteiger partial charge in [0.25, 0.3) is 0 Å². The van der Waals surface area contributed by atoms with Gasteiger partial charge in [0.2, 0.25) is 0 Å². The number of rotatable bonds is 4. The fourth-order valence-corrected chi connectivity index (χ4v) is 2.71. The molecule has 1 saturated heterocycles. The van der Waals surface area contributed by atoms with Gasteiger partial charge in [0.05, 0.1) is 23.8 Å². The molecule has 1 aromatic rings. The molecule has 1 fully saturated rings. The molecule has 1 aromatic carbocycles. The normalized spacial score (nSPS) is 23.2. The second-order valence-corrected chi connectivity index (χ2v) is 6.96. The zero-order valence-corrected chi connectivity index (χ0v) is 14.5. The van der Waals surface area contributed by atoms with Crippen molar-refractivity contribution in [2.24, 2.45) is 0 Å². The van der Waals surface area contributed by atoms with Gasteiger partial charge in [-0.3, -0.25) is 0 Å². The van der Waals surface area contributed by atoms with Gasteiger partial charge >= 0.3 is 12.4 Å². The summed E-state index contributed by atoms with van der Waals surface area (Å²) in [5.74, 6) is 0.